The van der Waals surface area contributed by atoms with E-state index in [-0.39, 0.29) is 11.5 Å². The molecule has 3 aromatic rings. The van der Waals surface area contributed by atoms with Gasteiger partial charge in [-0.25, -0.2) is 10.1 Å². The van der Waals surface area contributed by atoms with Gasteiger partial charge in [-0.05, 0) is 55.5 Å². The number of rotatable bonds is 4. The van der Waals surface area contributed by atoms with Crippen molar-refractivity contribution in [3.05, 3.63) is 87.0 Å². The Kier molecular flexibility index (Phi) is 4.78. The number of nitrogens with one attached hydrogen (secondary N) is 2. The lowest BCUT2D eigenvalue weighted by molar-refractivity contribution is 0.102. The number of pyridine rings is 1. The minimum Gasteiger partial charge on any atom is -0.307 e. The highest BCUT2D eigenvalue weighted by Crippen LogP contribution is 2.22. The number of carbonyl (C=O) groups excluding carboxylic acids is 1. The van der Waals surface area contributed by atoms with E-state index in [1.807, 2.05) is 30.3 Å². The SMILES string of the molecule is O=C(Nc1cccc(Cc2n[nH]c(=O)c3c2CCCC3)n1)c1ccccc1. The number of hydrogen-bond acceptors (Lipinski definition) is 4. The molecule has 2 heterocycles. The molecule has 1 aliphatic carbocycles. The van der Waals surface area contributed by atoms with Gasteiger partial charge in [0.1, 0.15) is 5.82 Å². The fraction of sp³-hybridized carbons (Fsp3) is 0.238. The van der Waals surface area contributed by atoms with Crippen LogP contribution in [0, 0.1) is 0 Å². The summed E-state index contributed by atoms with van der Waals surface area (Å²) < 4.78 is 0. The van der Waals surface area contributed by atoms with Gasteiger partial charge in [0, 0.05) is 23.2 Å². The predicted octanol–water partition coefficient (Wildman–Crippen LogP) is 2.89. The Hall–Kier alpha value is -3.28. The van der Waals surface area contributed by atoms with Crippen LogP contribution in [0.2, 0.25) is 0 Å². The number of aromatic amines is 1. The van der Waals surface area contributed by atoms with E-state index in [1.165, 1.54) is 0 Å². The first-order valence-electron chi connectivity index (χ1n) is 9.12. The summed E-state index contributed by atoms with van der Waals surface area (Å²) in [5, 5.41) is 9.70. The number of amides is 1. The zero-order chi connectivity index (χ0) is 18.6. The summed E-state index contributed by atoms with van der Waals surface area (Å²) in [4.78, 5) is 28.8. The first kappa shape index (κ1) is 17.1. The van der Waals surface area contributed by atoms with Crippen LogP contribution < -0.4 is 10.9 Å². The fourth-order valence-electron chi connectivity index (χ4n) is 3.47. The van der Waals surface area contributed by atoms with Crippen LogP contribution in [0.25, 0.3) is 0 Å². The molecular weight excluding hydrogens is 340 g/mol. The molecule has 0 aliphatic heterocycles. The molecule has 0 saturated carbocycles. The van der Waals surface area contributed by atoms with Gasteiger partial charge in [0.15, 0.2) is 0 Å². The molecule has 27 heavy (non-hydrogen) atoms. The summed E-state index contributed by atoms with van der Waals surface area (Å²) in [5.74, 6) is 0.305. The number of fused-ring (bicyclic) bond motifs is 1. The number of nitrogens with zero attached hydrogens (tertiary/aromatic N) is 2. The average molecular weight is 360 g/mol. The third-order valence-electron chi connectivity index (χ3n) is 4.82. The van der Waals surface area contributed by atoms with E-state index in [0.29, 0.717) is 17.8 Å². The van der Waals surface area contributed by atoms with E-state index in [0.717, 1.165) is 48.2 Å². The first-order chi connectivity index (χ1) is 13.2. The Balaban J connectivity index is 1.55. The van der Waals surface area contributed by atoms with Crippen LogP contribution in [0.1, 0.15) is 45.7 Å². The Morgan fingerprint density at radius 1 is 1.00 bits per heavy atom. The number of H-pyrrole nitrogens is 1. The second-order valence-corrected chi connectivity index (χ2v) is 6.67. The van der Waals surface area contributed by atoms with Crippen LogP contribution >= 0.6 is 0 Å². The number of hydrogen-bond donors (Lipinski definition) is 2. The molecule has 2 aromatic heterocycles. The van der Waals surface area contributed by atoms with Crippen LogP contribution in [0.4, 0.5) is 5.82 Å². The van der Waals surface area contributed by atoms with Gasteiger partial charge in [-0.1, -0.05) is 24.3 Å². The third-order valence-corrected chi connectivity index (χ3v) is 4.82. The van der Waals surface area contributed by atoms with Gasteiger partial charge < -0.3 is 5.32 Å². The summed E-state index contributed by atoms with van der Waals surface area (Å²) in [6, 6.07) is 14.6. The molecule has 136 valence electrons. The minimum absolute atomic E-state index is 0.0784. The molecular formula is C21H20N4O2. The van der Waals surface area contributed by atoms with Crippen LogP contribution in [0.5, 0.6) is 0 Å². The lowest BCUT2D eigenvalue weighted by atomic mass is 9.90. The maximum atomic E-state index is 12.3. The predicted molar refractivity (Wildman–Crippen MR) is 103 cm³/mol. The van der Waals surface area contributed by atoms with Crippen molar-refractivity contribution in [1.29, 1.82) is 0 Å². The van der Waals surface area contributed by atoms with Crippen LogP contribution in [-0.4, -0.2) is 21.1 Å². The summed E-state index contributed by atoms with van der Waals surface area (Å²) in [7, 11) is 0. The smallest absolute Gasteiger partial charge is 0.267 e. The van der Waals surface area contributed by atoms with E-state index < -0.39 is 0 Å². The van der Waals surface area contributed by atoms with E-state index >= 15 is 0 Å². The number of aromatic nitrogens is 3. The molecule has 1 aliphatic rings. The van der Waals surface area contributed by atoms with Crippen molar-refractivity contribution < 1.29 is 4.79 Å². The Labute approximate surface area is 156 Å². The second kappa shape index (κ2) is 7.53. The molecule has 1 aromatic carbocycles. The third kappa shape index (κ3) is 3.79. The first-order valence-corrected chi connectivity index (χ1v) is 9.12. The maximum absolute atomic E-state index is 12.3. The van der Waals surface area contributed by atoms with Crippen LogP contribution in [0.3, 0.4) is 0 Å². The van der Waals surface area contributed by atoms with Crippen molar-refractivity contribution >= 4 is 11.7 Å². The zero-order valence-corrected chi connectivity index (χ0v) is 14.9. The van der Waals surface area contributed by atoms with E-state index in [9.17, 15) is 9.59 Å². The van der Waals surface area contributed by atoms with Gasteiger partial charge in [0.05, 0.1) is 5.69 Å². The fourth-order valence-corrected chi connectivity index (χ4v) is 3.47. The average Bonchev–Trinajstić information content (AvgIpc) is 2.71. The standard InChI is InChI=1S/C21H20N4O2/c26-20(14-7-2-1-3-8-14)23-19-12-6-9-15(22-19)13-18-16-10-4-5-11-17(16)21(27)25-24-18/h1-3,6-9,12H,4-5,10-11,13H2,(H,25,27)(H,22,23,26). The highest BCUT2D eigenvalue weighted by Gasteiger charge is 2.18. The Morgan fingerprint density at radius 2 is 1.78 bits per heavy atom. The lowest BCUT2D eigenvalue weighted by Gasteiger charge is -2.17. The van der Waals surface area contributed by atoms with Crippen molar-refractivity contribution in [1.82, 2.24) is 15.2 Å². The molecule has 0 bridgehead atoms. The normalized spacial score (nSPS) is 13.0. The number of anilines is 1. The molecule has 0 fully saturated rings. The van der Waals surface area contributed by atoms with Crippen LogP contribution in [0.15, 0.2) is 53.3 Å². The molecule has 2 N–H and O–H groups in total. The maximum Gasteiger partial charge on any atom is 0.267 e. The molecule has 0 spiro atoms. The largest absolute Gasteiger partial charge is 0.307 e. The van der Waals surface area contributed by atoms with Gasteiger partial charge in [0.25, 0.3) is 11.5 Å². The molecule has 0 atom stereocenters. The van der Waals surface area contributed by atoms with E-state index in [1.54, 1.807) is 18.2 Å². The van der Waals surface area contributed by atoms with Gasteiger partial charge in [-0.3, -0.25) is 9.59 Å². The summed E-state index contributed by atoms with van der Waals surface area (Å²) in [6.07, 6.45) is 4.32. The lowest BCUT2D eigenvalue weighted by Crippen LogP contribution is -2.23. The molecule has 0 radical (unpaired) electrons. The van der Waals surface area contributed by atoms with Crippen molar-refractivity contribution in [2.45, 2.75) is 32.1 Å². The van der Waals surface area contributed by atoms with Crippen molar-refractivity contribution in [3.63, 3.8) is 0 Å². The van der Waals surface area contributed by atoms with E-state index in [2.05, 4.69) is 20.5 Å². The second-order valence-electron chi connectivity index (χ2n) is 6.67. The van der Waals surface area contributed by atoms with Crippen molar-refractivity contribution in [3.8, 4) is 0 Å². The Bertz CT molecular complexity index is 1030. The quantitative estimate of drug-likeness (QED) is 0.749. The number of benzene rings is 1. The molecule has 4 rings (SSSR count). The highest BCUT2D eigenvalue weighted by molar-refractivity contribution is 6.03. The van der Waals surface area contributed by atoms with Gasteiger partial charge in [-0.15, -0.1) is 0 Å². The molecule has 0 saturated heterocycles. The molecule has 0 unspecified atom stereocenters. The van der Waals surface area contributed by atoms with Gasteiger partial charge in [-0.2, -0.15) is 5.10 Å². The summed E-state index contributed by atoms with van der Waals surface area (Å²) in [5.41, 5.74) is 4.09. The van der Waals surface area contributed by atoms with Crippen molar-refractivity contribution in [2.24, 2.45) is 0 Å². The van der Waals surface area contributed by atoms with Gasteiger partial charge in [0.2, 0.25) is 0 Å². The molecule has 6 nitrogen and oxygen atoms in total. The topological polar surface area (TPSA) is 87.7 Å². The minimum atomic E-state index is -0.195. The monoisotopic (exact) mass is 360 g/mol. The van der Waals surface area contributed by atoms with Crippen LogP contribution in [-0.2, 0) is 19.3 Å². The molecule has 1 amide bonds. The summed E-state index contributed by atoms with van der Waals surface area (Å²) in [6.45, 7) is 0. The Morgan fingerprint density at radius 3 is 2.59 bits per heavy atom. The van der Waals surface area contributed by atoms with Gasteiger partial charge >= 0.3 is 0 Å². The highest BCUT2D eigenvalue weighted by atomic mass is 16.1. The zero-order valence-electron chi connectivity index (χ0n) is 14.9. The number of carbonyl (C=O) groups is 1. The molecule has 6 heteroatoms. The van der Waals surface area contributed by atoms with Crippen molar-refractivity contribution in [2.75, 3.05) is 5.32 Å². The summed E-state index contributed by atoms with van der Waals surface area (Å²) >= 11 is 0. The van der Waals surface area contributed by atoms with E-state index in [4.69, 9.17) is 0 Å².